The number of carbonyl (C=O) groups excluding carboxylic acids is 1. The topological polar surface area (TPSA) is 29.5 Å². The Balaban J connectivity index is 1.58. The van der Waals surface area contributed by atoms with Crippen LogP contribution in [0.25, 0.3) is 0 Å². The molecule has 0 saturated heterocycles. The van der Waals surface area contributed by atoms with Gasteiger partial charge in [0.2, 0.25) is 0 Å². The summed E-state index contributed by atoms with van der Waals surface area (Å²) in [5, 5.41) is 0. The number of carbonyl (C=O) groups is 1. The van der Waals surface area contributed by atoms with Crippen molar-refractivity contribution in [3.05, 3.63) is 126 Å². The summed E-state index contributed by atoms with van der Waals surface area (Å²) in [6.45, 7) is 0. The molecule has 4 rings (SSSR count). The Morgan fingerprint density at radius 3 is 1.48 bits per heavy atom. The Morgan fingerprint density at radius 2 is 1.03 bits per heavy atom. The van der Waals surface area contributed by atoms with Crippen molar-refractivity contribution >= 4 is 23.0 Å². The summed E-state index contributed by atoms with van der Waals surface area (Å²) in [5.41, 5.74) is 5.52. The minimum atomic E-state index is -0.350. The molecule has 0 aromatic heterocycles. The molecule has 3 nitrogen and oxygen atoms in total. The first kappa shape index (κ1) is 20.0. The van der Waals surface area contributed by atoms with E-state index in [0.29, 0.717) is 5.56 Å². The zero-order chi connectivity index (χ0) is 21.5. The molecular formula is C28H21NO2. The van der Waals surface area contributed by atoms with Gasteiger partial charge in [0, 0.05) is 28.2 Å². The SMILES string of the molecule is COC(=O)c1ccc(C#Cc2ccc(N(c3ccccc3)c3ccccc3)cc2)cc1. The maximum Gasteiger partial charge on any atom is 0.337 e. The molecule has 0 unspecified atom stereocenters. The fourth-order valence-corrected chi connectivity index (χ4v) is 3.25. The summed E-state index contributed by atoms with van der Waals surface area (Å²) in [6.07, 6.45) is 0. The van der Waals surface area contributed by atoms with Crippen molar-refractivity contribution in [2.24, 2.45) is 0 Å². The molecule has 0 aliphatic heterocycles. The van der Waals surface area contributed by atoms with Crippen LogP contribution in [0.2, 0.25) is 0 Å². The monoisotopic (exact) mass is 403 g/mol. The van der Waals surface area contributed by atoms with Crippen LogP contribution in [-0.4, -0.2) is 13.1 Å². The minimum absolute atomic E-state index is 0.350. The predicted octanol–water partition coefficient (Wildman–Crippen LogP) is 6.34. The van der Waals surface area contributed by atoms with E-state index in [2.05, 4.69) is 53.1 Å². The lowest BCUT2D eigenvalue weighted by Gasteiger charge is -2.25. The van der Waals surface area contributed by atoms with Crippen LogP contribution >= 0.6 is 0 Å². The molecule has 150 valence electrons. The number of rotatable bonds is 4. The molecule has 0 aliphatic rings. The molecule has 0 heterocycles. The highest BCUT2D eigenvalue weighted by Crippen LogP contribution is 2.33. The van der Waals surface area contributed by atoms with Crippen LogP contribution in [0.5, 0.6) is 0 Å². The third-order valence-corrected chi connectivity index (χ3v) is 4.81. The van der Waals surface area contributed by atoms with E-state index >= 15 is 0 Å². The number of para-hydroxylation sites is 2. The van der Waals surface area contributed by atoms with Gasteiger partial charge in [-0.25, -0.2) is 4.79 Å². The van der Waals surface area contributed by atoms with Crippen molar-refractivity contribution in [2.45, 2.75) is 0 Å². The number of nitrogens with zero attached hydrogens (tertiary/aromatic N) is 1. The highest BCUT2D eigenvalue weighted by atomic mass is 16.5. The van der Waals surface area contributed by atoms with Crippen LogP contribution in [0.1, 0.15) is 21.5 Å². The van der Waals surface area contributed by atoms with E-state index < -0.39 is 0 Å². The molecule has 0 atom stereocenters. The number of methoxy groups -OCH3 is 1. The molecule has 4 aromatic rings. The van der Waals surface area contributed by atoms with Gasteiger partial charge in [0.05, 0.1) is 12.7 Å². The summed E-state index contributed by atoms with van der Waals surface area (Å²) in [5.74, 6) is 5.98. The summed E-state index contributed by atoms with van der Waals surface area (Å²) < 4.78 is 4.72. The van der Waals surface area contributed by atoms with Gasteiger partial charge in [-0.15, -0.1) is 0 Å². The van der Waals surface area contributed by atoms with E-state index in [0.717, 1.165) is 28.2 Å². The van der Waals surface area contributed by atoms with Crippen LogP contribution in [0.4, 0.5) is 17.1 Å². The molecule has 0 amide bonds. The minimum Gasteiger partial charge on any atom is -0.465 e. The lowest BCUT2D eigenvalue weighted by molar-refractivity contribution is 0.0600. The largest absolute Gasteiger partial charge is 0.465 e. The van der Waals surface area contributed by atoms with Crippen LogP contribution in [-0.2, 0) is 4.74 Å². The molecule has 0 bridgehead atoms. The fraction of sp³-hybridized carbons (Fsp3) is 0.0357. The molecule has 31 heavy (non-hydrogen) atoms. The molecule has 3 heteroatoms. The van der Waals surface area contributed by atoms with Gasteiger partial charge in [0.15, 0.2) is 0 Å². The first-order chi connectivity index (χ1) is 15.2. The third-order valence-electron chi connectivity index (χ3n) is 4.81. The van der Waals surface area contributed by atoms with Crippen LogP contribution < -0.4 is 4.90 Å². The van der Waals surface area contributed by atoms with Crippen molar-refractivity contribution in [3.8, 4) is 11.8 Å². The van der Waals surface area contributed by atoms with Gasteiger partial charge in [0.25, 0.3) is 0 Å². The Hall–Kier alpha value is -4.29. The normalized spacial score (nSPS) is 9.97. The second kappa shape index (κ2) is 9.47. The van der Waals surface area contributed by atoms with Crippen molar-refractivity contribution in [1.29, 1.82) is 0 Å². The Kier molecular flexibility index (Phi) is 6.11. The average molecular weight is 403 g/mol. The van der Waals surface area contributed by atoms with Gasteiger partial charge < -0.3 is 9.64 Å². The Labute approximate surface area is 182 Å². The van der Waals surface area contributed by atoms with E-state index in [1.807, 2.05) is 60.7 Å². The van der Waals surface area contributed by atoms with Gasteiger partial charge in [-0.1, -0.05) is 48.2 Å². The van der Waals surface area contributed by atoms with Crippen molar-refractivity contribution < 1.29 is 9.53 Å². The molecule has 0 radical (unpaired) electrons. The van der Waals surface area contributed by atoms with Crippen LogP contribution in [0.15, 0.2) is 109 Å². The number of benzene rings is 4. The molecule has 0 N–H and O–H groups in total. The number of hydrogen-bond acceptors (Lipinski definition) is 3. The maximum atomic E-state index is 11.5. The van der Waals surface area contributed by atoms with Crippen LogP contribution in [0.3, 0.4) is 0 Å². The standard InChI is InChI=1S/C28H21NO2/c1-31-28(30)24-18-14-22(15-19-24)12-13-23-16-20-27(21-17-23)29(25-8-4-2-5-9-25)26-10-6-3-7-11-26/h2-11,14-21H,1H3. The zero-order valence-electron chi connectivity index (χ0n) is 17.2. The third kappa shape index (κ3) is 4.83. The zero-order valence-corrected chi connectivity index (χ0v) is 17.2. The predicted molar refractivity (Wildman–Crippen MR) is 125 cm³/mol. The molecule has 0 aliphatic carbocycles. The Bertz CT molecular complexity index is 1160. The number of anilines is 3. The van der Waals surface area contributed by atoms with Gasteiger partial charge in [-0.2, -0.15) is 0 Å². The number of ether oxygens (including phenoxy) is 1. The lowest BCUT2D eigenvalue weighted by atomic mass is 10.1. The average Bonchev–Trinajstić information content (AvgIpc) is 2.85. The van der Waals surface area contributed by atoms with Gasteiger partial charge in [-0.3, -0.25) is 0 Å². The first-order valence-corrected chi connectivity index (χ1v) is 9.95. The molecule has 4 aromatic carbocycles. The summed E-state index contributed by atoms with van der Waals surface area (Å²) in [4.78, 5) is 13.7. The molecule has 0 saturated carbocycles. The summed E-state index contributed by atoms with van der Waals surface area (Å²) in [6, 6.07) is 35.8. The highest BCUT2D eigenvalue weighted by molar-refractivity contribution is 5.89. The molecule has 0 spiro atoms. The number of hydrogen-bond donors (Lipinski definition) is 0. The van der Waals surface area contributed by atoms with Gasteiger partial charge in [-0.05, 0) is 72.8 Å². The highest BCUT2D eigenvalue weighted by Gasteiger charge is 2.11. The Morgan fingerprint density at radius 1 is 0.613 bits per heavy atom. The van der Waals surface area contributed by atoms with E-state index in [4.69, 9.17) is 4.74 Å². The van der Waals surface area contributed by atoms with Gasteiger partial charge >= 0.3 is 5.97 Å². The quantitative estimate of drug-likeness (QED) is 0.294. The van der Waals surface area contributed by atoms with Crippen molar-refractivity contribution in [3.63, 3.8) is 0 Å². The second-order valence-electron chi connectivity index (χ2n) is 6.87. The number of esters is 1. The van der Waals surface area contributed by atoms with E-state index in [1.54, 1.807) is 12.1 Å². The van der Waals surface area contributed by atoms with Crippen molar-refractivity contribution in [2.75, 3.05) is 12.0 Å². The summed E-state index contributed by atoms with van der Waals surface area (Å²) in [7, 11) is 1.37. The molecular weight excluding hydrogens is 382 g/mol. The maximum absolute atomic E-state index is 11.5. The van der Waals surface area contributed by atoms with E-state index in [-0.39, 0.29) is 5.97 Å². The molecule has 0 fully saturated rings. The smallest absolute Gasteiger partial charge is 0.337 e. The van der Waals surface area contributed by atoms with E-state index in [9.17, 15) is 4.79 Å². The first-order valence-electron chi connectivity index (χ1n) is 9.95. The van der Waals surface area contributed by atoms with Gasteiger partial charge in [0.1, 0.15) is 0 Å². The second-order valence-corrected chi connectivity index (χ2v) is 6.87. The van der Waals surface area contributed by atoms with Crippen LogP contribution in [0, 0.1) is 11.8 Å². The lowest BCUT2D eigenvalue weighted by Crippen LogP contribution is -2.09. The fourth-order valence-electron chi connectivity index (χ4n) is 3.25. The summed E-state index contributed by atoms with van der Waals surface area (Å²) >= 11 is 0. The van der Waals surface area contributed by atoms with Crippen molar-refractivity contribution in [1.82, 2.24) is 0 Å². The van der Waals surface area contributed by atoms with E-state index in [1.165, 1.54) is 7.11 Å².